The number of hydrogen-bond acceptors (Lipinski definition) is 4. The first-order chi connectivity index (χ1) is 15.1. The van der Waals surface area contributed by atoms with Crippen molar-refractivity contribution in [2.24, 2.45) is 0 Å². The number of allylic oxidation sites excluding steroid dienone is 2. The summed E-state index contributed by atoms with van der Waals surface area (Å²) in [5.74, 6) is -2.26. The molecule has 2 aromatic carbocycles. The molecule has 32 heavy (non-hydrogen) atoms. The Balaban J connectivity index is 1.62. The zero-order valence-corrected chi connectivity index (χ0v) is 17.4. The highest BCUT2D eigenvalue weighted by Crippen LogP contribution is 2.50. The number of halogens is 4. The average molecular weight is 464 g/mol. The summed E-state index contributed by atoms with van der Waals surface area (Å²) < 4.78 is 60.2. The normalized spacial score (nSPS) is 16.9. The second-order valence-corrected chi connectivity index (χ2v) is 8.99. The molecule has 0 bridgehead atoms. The van der Waals surface area contributed by atoms with Gasteiger partial charge in [-0.1, -0.05) is 17.3 Å². The number of aromatic carboxylic acids is 1. The van der Waals surface area contributed by atoms with Crippen LogP contribution in [0.2, 0.25) is 0 Å². The summed E-state index contributed by atoms with van der Waals surface area (Å²) in [5, 5.41) is 16.2. The average Bonchev–Trinajstić information content (AvgIpc) is 3.36. The third-order valence-electron chi connectivity index (χ3n) is 4.76. The van der Waals surface area contributed by atoms with E-state index in [1.165, 1.54) is 18.2 Å². The molecular formula is C22H16F4N2O3S. The number of rotatable bonds is 5. The number of benzene rings is 2. The molecule has 3 aromatic rings. The molecule has 0 saturated heterocycles. The van der Waals surface area contributed by atoms with Crippen LogP contribution in [0.5, 0.6) is 0 Å². The van der Waals surface area contributed by atoms with Gasteiger partial charge in [0.05, 0.1) is 11.1 Å². The van der Waals surface area contributed by atoms with Gasteiger partial charge in [-0.25, -0.2) is 9.18 Å². The van der Waals surface area contributed by atoms with Gasteiger partial charge < -0.3 is 9.63 Å². The Morgan fingerprint density at radius 2 is 1.97 bits per heavy atom. The number of carboxylic acid groups (broad SMARTS) is 1. The Kier molecular flexibility index (Phi) is 5.64. The highest BCUT2D eigenvalue weighted by Gasteiger charge is 2.35. The van der Waals surface area contributed by atoms with Crippen molar-refractivity contribution < 1.29 is 32.0 Å². The number of aromatic nitrogens is 2. The topological polar surface area (TPSA) is 76.2 Å². The molecule has 4 rings (SSSR count). The first kappa shape index (κ1) is 21.8. The van der Waals surface area contributed by atoms with Crippen LogP contribution in [0.1, 0.15) is 34.2 Å². The number of carbonyl (C=O) groups is 1. The van der Waals surface area contributed by atoms with Crippen molar-refractivity contribution in [1.82, 2.24) is 10.1 Å². The lowest BCUT2D eigenvalue weighted by Crippen LogP contribution is -2.07. The third kappa shape index (κ3) is 4.45. The zero-order chi connectivity index (χ0) is 23.0. The molecular weight excluding hydrogens is 448 g/mol. The molecule has 5 nitrogen and oxygen atoms in total. The van der Waals surface area contributed by atoms with Crippen molar-refractivity contribution in [2.45, 2.75) is 24.4 Å². The fourth-order valence-corrected chi connectivity index (χ4v) is 5.26. The van der Waals surface area contributed by atoms with Crippen LogP contribution in [0.25, 0.3) is 11.5 Å². The van der Waals surface area contributed by atoms with E-state index in [1.807, 2.05) is 12.3 Å². The summed E-state index contributed by atoms with van der Waals surface area (Å²) in [5.41, 5.74) is 0.201. The van der Waals surface area contributed by atoms with E-state index in [2.05, 4.69) is 10.1 Å². The number of alkyl halides is 3. The minimum Gasteiger partial charge on any atom is -0.478 e. The van der Waals surface area contributed by atoms with Crippen molar-refractivity contribution >= 4 is 16.9 Å². The molecule has 2 heterocycles. The van der Waals surface area contributed by atoms with Crippen LogP contribution in [0.3, 0.4) is 0 Å². The van der Waals surface area contributed by atoms with Crippen molar-refractivity contribution in [1.29, 1.82) is 0 Å². The van der Waals surface area contributed by atoms with E-state index in [0.29, 0.717) is 5.56 Å². The van der Waals surface area contributed by atoms with E-state index in [4.69, 9.17) is 9.63 Å². The van der Waals surface area contributed by atoms with Gasteiger partial charge in [0.25, 0.3) is 5.89 Å². The van der Waals surface area contributed by atoms with Crippen molar-refractivity contribution in [3.63, 3.8) is 0 Å². The maximum atomic E-state index is 13.9. The van der Waals surface area contributed by atoms with Crippen LogP contribution in [0.15, 0.2) is 68.3 Å². The van der Waals surface area contributed by atoms with E-state index in [-0.39, 0.29) is 28.6 Å². The summed E-state index contributed by atoms with van der Waals surface area (Å²) in [4.78, 5) is 15.2. The quantitative estimate of drug-likeness (QED) is 0.359. The first-order valence-corrected chi connectivity index (χ1v) is 10.8. The summed E-state index contributed by atoms with van der Waals surface area (Å²) >= 11 is 0. The predicted octanol–water partition coefficient (Wildman–Crippen LogP) is 5.97. The standard InChI is InChI=1S/C22H16F4N2O3S/c1-12-6-7-32(11-12)18-5-3-14(10-16(18)22(24,25)26)20-27-19(28-31-20)9-13-2-4-15(21(29)30)17(23)8-13/h2-8,10-11,32H,9H2,1H3,(H,29,30). The van der Waals surface area contributed by atoms with E-state index in [9.17, 15) is 22.4 Å². The smallest absolute Gasteiger partial charge is 0.417 e. The molecule has 1 N–H and O–H groups in total. The molecule has 0 spiro atoms. The van der Waals surface area contributed by atoms with Gasteiger partial charge in [-0.3, -0.25) is 0 Å². The Hall–Kier alpha value is -3.40. The molecule has 0 fully saturated rings. The van der Waals surface area contributed by atoms with Gasteiger partial charge in [0.1, 0.15) is 5.82 Å². The van der Waals surface area contributed by atoms with Gasteiger partial charge >= 0.3 is 12.1 Å². The van der Waals surface area contributed by atoms with Gasteiger partial charge in [0.15, 0.2) is 5.82 Å². The largest absolute Gasteiger partial charge is 0.478 e. The van der Waals surface area contributed by atoms with Gasteiger partial charge in [-0.2, -0.15) is 29.1 Å². The van der Waals surface area contributed by atoms with Crippen LogP contribution in [0, 0.1) is 5.82 Å². The molecule has 1 unspecified atom stereocenters. The maximum Gasteiger partial charge on any atom is 0.417 e. The van der Waals surface area contributed by atoms with E-state index < -0.39 is 40.0 Å². The number of carboxylic acids is 1. The van der Waals surface area contributed by atoms with Crippen molar-refractivity contribution in [3.8, 4) is 11.5 Å². The molecule has 166 valence electrons. The second-order valence-electron chi connectivity index (χ2n) is 7.14. The second kappa shape index (κ2) is 8.27. The first-order valence-electron chi connectivity index (χ1n) is 9.33. The Labute approximate surface area is 182 Å². The maximum absolute atomic E-state index is 13.9. The fraction of sp³-hybridized carbons (Fsp3) is 0.136. The molecule has 0 radical (unpaired) electrons. The summed E-state index contributed by atoms with van der Waals surface area (Å²) in [6.45, 7) is 1.83. The minimum atomic E-state index is -4.56. The van der Waals surface area contributed by atoms with Crippen molar-refractivity contribution in [2.75, 3.05) is 0 Å². The summed E-state index contributed by atoms with van der Waals surface area (Å²) in [6, 6.07) is 7.49. The van der Waals surface area contributed by atoms with Crippen LogP contribution in [-0.2, 0) is 12.6 Å². The van der Waals surface area contributed by atoms with Crippen LogP contribution in [0.4, 0.5) is 17.6 Å². The van der Waals surface area contributed by atoms with Crippen molar-refractivity contribution in [3.05, 3.63) is 87.2 Å². The SMILES string of the molecule is CC1=C[SH](c2ccc(-c3nc(Cc4ccc(C(=O)O)c(F)c4)no3)cc2C(F)(F)F)C=C1. The van der Waals surface area contributed by atoms with E-state index in [0.717, 1.165) is 23.8 Å². The highest BCUT2D eigenvalue weighted by molar-refractivity contribution is 8.22. The molecule has 0 aliphatic carbocycles. The van der Waals surface area contributed by atoms with Crippen LogP contribution < -0.4 is 0 Å². The van der Waals surface area contributed by atoms with E-state index in [1.54, 1.807) is 11.5 Å². The highest BCUT2D eigenvalue weighted by atomic mass is 32.2. The number of nitrogens with zero attached hydrogens (tertiary/aromatic N) is 2. The molecule has 1 aromatic heterocycles. The molecule has 0 amide bonds. The lowest BCUT2D eigenvalue weighted by Gasteiger charge is -2.18. The van der Waals surface area contributed by atoms with Gasteiger partial charge in [0.2, 0.25) is 0 Å². The Bertz CT molecular complexity index is 1260. The van der Waals surface area contributed by atoms with Gasteiger partial charge in [0, 0.05) is 16.9 Å². The fourth-order valence-electron chi connectivity index (χ4n) is 3.24. The summed E-state index contributed by atoms with van der Waals surface area (Å²) in [6.07, 6.45) is -2.74. The van der Waals surface area contributed by atoms with Crippen LogP contribution >= 0.6 is 10.9 Å². The lowest BCUT2D eigenvalue weighted by molar-refractivity contribution is -0.139. The van der Waals surface area contributed by atoms with Gasteiger partial charge in [-0.15, -0.1) is 0 Å². The van der Waals surface area contributed by atoms with Crippen LogP contribution in [-0.4, -0.2) is 21.2 Å². The van der Waals surface area contributed by atoms with E-state index >= 15 is 0 Å². The third-order valence-corrected chi connectivity index (χ3v) is 6.86. The monoisotopic (exact) mass is 464 g/mol. The summed E-state index contributed by atoms with van der Waals surface area (Å²) in [7, 11) is -1.19. The Morgan fingerprint density at radius 3 is 2.59 bits per heavy atom. The predicted molar refractivity (Wildman–Crippen MR) is 111 cm³/mol. The lowest BCUT2D eigenvalue weighted by atomic mass is 10.1. The molecule has 1 aliphatic heterocycles. The van der Waals surface area contributed by atoms with Gasteiger partial charge in [-0.05, 0) is 59.2 Å². The Morgan fingerprint density at radius 1 is 1.19 bits per heavy atom. The molecule has 10 heteroatoms. The molecule has 0 saturated carbocycles. The minimum absolute atomic E-state index is 0.0185. The molecule has 1 atom stereocenters. The molecule has 1 aliphatic rings. The number of thiol groups is 1. The number of hydrogen-bond donors (Lipinski definition) is 2. The zero-order valence-electron chi connectivity index (χ0n) is 16.5.